The summed E-state index contributed by atoms with van der Waals surface area (Å²) in [5, 5.41) is 2.25. The molecule has 0 saturated heterocycles. The highest BCUT2D eigenvalue weighted by Crippen LogP contribution is 2.34. The Kier molecular flexibility index (Phi) is 8.71. The Balaban J connectivity index is 1.85. The molecule has 30 heavy (non-hydrogen) atoms. The fraction of sp³-hybridized carbons (Fsp3) is 0.333. The van der Waals surface area contributed by atoms with Crippen LogP contribution in [0.25, 0.3) is 0 Å². The van der Waals surface area contributed by atoms with Crippen LogP contribution in [-0.2, 0) is 15.8 Å². The molecule has 0 unspecified atom stereocenters. The predicted octanol–water partition coefficient (Wildman–Crippen LogP) is 5.11. The quantitative estimate of drug-likeness (QED) is 0.500. The summed E-state index contributed by atoms with van der Waals surface area (Å²) in [6.45, 7) is 1.95. The summed E-state index contributed by atoms with van der Waals surface area (Å²) in [5.41, 5.74) is -1.27. The normalized spacial score (nSPS) is 11.1. The lowest BCUT2D eigenvalue weighted by Crippen LogP contribution is -2.38. The van der Waals surface area contributed by atoms with E-state index in [1.807, 2.05) is 18.2 Å². The maximum absolute atomic E-state index is 13.0. The number of ether oxygens (including phenoxy) is 1. The second-order valence-corrected chi connectivity index (χ2v) is 7.24. The number of carbonyl (C=O) groups is 2. The lowest BCUT2D eigenvalue weighted by atomic mass is 10.1. The van der Waals surface area contributed by atoms with Gasteiger partial charge in [0, 0.05) is 13.0 Å². The van der Waals surface area contributed by atoms with E-state index in [1.54, 1.807) is 13.0 Å². The molecular formula is C21H22BrF3N2O3. The molecule has 5 nitrogen and oxygen atoms in total. The molecule has 2 amide bonds. The van der Waals surface area contributed by atoms with Gasteiger partial charge in [0.05, 0.1) is 28.9 Å². The van der Waals surface area contributed by atoms with Crippen molar-refractivity contribution < 1.29 is 27.5 Å². The number of nitrogens with one attached hydrogen (secondary N) is 1. The number of carbonyl (C=O) groups excluding carboxylic acids is 2. The van der Waals surface area contributed by atoms with Crippen molar-refractivity contribution >= 4 is 33.4 Å². The van der Waals surface area contributed by atoms with E-state index in [0.29, 0.717) is 18.8 Å². The highest BCUT2D eigenvalue weighted by molar-refractivity contribution is 9.10. The molecule has 1 N–H and O–H groups in total. The maximum Gasteiger partial charge on any atom is 0.418 e. The van der Waals surface area contributed by atoms with Gasteiger partial charge in [-0.1, -0.05) is 24.3 Å². The molecule has 0 aromatic heterocycles. The second-order valence-electron chi connectivity index (χ2n) is 6.38. The molecule has 0 aliphatic rings. The van der Waals surface area contributed by atoms with Crippen molar-refractivity contribution in [2.75, 3.05) is 25.0 Å². The van der Waals surface area contributed by atoms with E-state index in [4.69, 9.17) is 4.74 Å². The SMILES string of the molecule is CCN(CC(=O)Nc1ccccc1C(F)(F)F)C(=O)CCCOc1ccccc1Br. The largest absolute Gasteiger partial charge is 0.492 e. The second kappa shape index (κ2) is 11.0. The van der Waals surface area contributed by atoms with Crippen LogP contribution in [0.3, 0.4) is 0 Å². The van der Waals surface area contributed by atoms with Crippen molar-refractivity contribution in [3.05, 3.63) is 58.6 Å². The molecule has 0 aliphatic heterocycles. The molecule has 0 radical (unpaired) electrons. The number of anilines is 1. The van der Waals surface area contributed by atoms with Gasteiger partial charge in [0.25, 0.3) is 0 Å². The number of halogens is 4. The zero-order chi connectivity index (χ0) is 22.1. The Labute approximate surface area is 181 Å². The van der Waals surface area contributed by atoms with Crippen molar-refractivity contribution in [3.8, 4) is 5.75 Å². The van der Waals surface area contributed by atoms with Crippen LogP contribution >= 0.6 is 15.9 Å². The summed E-state index contributed by atoms with van der Waals surface area (Å²) in [4.78, 5) is 25.9. The van der Waals surface area contributed by atoms with E-state index in [9.17, 15) is 22.8 Å². The van der Waals surface area contributed by atoms with E-state index in [2.05, 4.69) is 21.2 Å². The van der Waals surface area contributed by atoms with Crippen LogP contribution < -0.4 is 10.1 Å². The summed E-state index contributed by atoms with van der Waals surface area (Å²) >= 11 is 3.37. The number of amides is 2. The zero-order valence-corrected chi connectivity index (χ0v) is 17.9. The zero-order valence-electron chi connectivity index (χ0n) is 16.3. The van der Waals surface area contributed by atoms with Crippen LogP contribution in [0.4, 0.5) is 18.9 Å². The van der Waals surface area contributed by atoms with Gasteiger partial charge in [-0.25, -0.2) is 0 Å². The Morgan fingerprint density at radius 3 is 2.43 bits per heavy atom. The summed E-state index contributed by atoms with van der Waals surface area (Å²) in [7, 11) is 0. The molecule has 0 bridgehead atoms. The van der Waals surface area contributed by atoms with Crippen LogP contribution in [0.1, 0.15) is 25.3 Å². The van der Waals surface area contributed by atoms with Crippen LogP contribution in [0.2, 0.25) is 0 Å². The van der Waals surface area contributed by atoms with Gasteiger partial charge in [0.2, 0.25) is 11.8 Å². The van der Waals surface area contributed by atoms with Crippen molar-refractivity contribution in [1.82, 2.24) is 4.90 Å². The third-order valence-electron chi connectivity index (χ3n) is 4.20. The van der Waals surface area contributed by atoms with E-state index < -0.39 is 17.6 Å². The minimum Gasteiger partial charge on any atom is -0.492 e. The molecule has 0 fully saturated rings. The van der Waals surface area contributed by atoms with Gasteiger partial charge in [-0.15, -0.1) is 0 Å². The number of hydrogen-bond donors (Lipinski definition) is 1. The third kappa shape index (κ3) is 7.05. The first-order valence-corrected chi connectivity index (χ1v) is 10.1. The van der Waals surface area contributed by atoms with E-state index in [0.717, 1.165) is 10.5 Å². The fourth-order valence-electron chi connectivity index (χ4n) is 2.70. The molecule has 0 spiro atoms. The first-order chi connectivity index (χ1) is 14.2. The fourth-order valence-corrected chi connectivity index (χ4v) is 3.10. The van der Waals surface area contributed by atoms with Crippen LogP contribution in [-0.4, -0.2) is 36.4 Å². The number of rotatable bonds is 9. The molecule has 0 saturated carbocycles. The number of likely N-dealkylation sites (N-methyl/N-ethyl adjacent to an activating group) is 1. The summed E-state index contributed by atoms with van der Waals surface area (Å²) in [6, 6.07) is 12.1. The van der Waals surface area contributed by atoms with Gasteiger partial charge in [-0.3, -0.25) is 9.59 Å². The number of nitrogens with zero attached hydrogens (tertiary/aromatic N) is 1. The minimum absolute atomic E-state index is 0.157. The maximum atomic E-state index is 13.0. The Bertz CT molecular complexity index is 875. The molecule has 2 aromatic rings. The average molecular weight is 487 g/mol. The van der Waals surface area contributed by atoms with Gasteiger partial charge < -0.3 is 15.0 Å². The standard InChI is InChI=1S/C21H22BrF3N2O3/c1-2-27(20(29)12-7-13-30-18-11-6-4-9-16(18)22)14-19(28)26-17-10-5-3-8-15(17)21(23,24)25/h3-6,8-11H,2,7,12-14H2,1H3,(H,26,28). The molecule has 0 heterocycles. The summed E-state index contributed by atoms with van der Waals surface area (Å²) < 4.78 is 45.5. The number of para-hydroxylation sites is 2. The van der Waals surface area contributed by atoms with Crippen molar-refractivity contribution in [1.29, 1.82) is 0 Å². The number of hydrogen-bond acceptors (Lipinski definition) is 3. The minimum atomic E-state index is -4.59. The van der Waals surface area contributed by atoms with E-state index >= 15 is 0 Å². The summed E-state index contributed by atoms with van der Waals surface area (Å²) in [5.74, 6) is -0.293. The molecule has 9 heteroatoms. The topological polar surface area (TPSA) is 58.6 Å². The molecule has 2 aromatic carbocycles. The first-order valence-electron chi connectivity index (χ1n) is 9.33. The highest BCUT2D eigenvalue weighted by Gasteiger charge is 2.33. The van der Waals surface area contributed by atoms with Crippen LogP contribution in [0.5, 0.6) is 5.75 Å². The molecule has 0 aliphatic carbocycles. The van der Waals surface area contributed by atoms with Gasteiger partial charge in [0.1, 0.15) is 5.75 Å². The lowest BCUT2D eigenvalue weighted by molar-refractivity contribution is -0.137. The predicted molar refractivity (Wildman–Crippen MR) is 111 cm³/mol. The molecule has 0 atom stereocenters. The van der Waals surface area contributed by atoms with Crippen molar-refractivity contribution in [3.63, 3.8) is 0 Å². The van der Waals surface area contributed by atoms with Gasteiger partial charge >= 0.3 is 6.18 Å². The van der Waals surface area contributed by atoms with E-state index in [-0.39, 0.29) is 31.1 Å². The molecule has 2 rings (SSSR count). The van der Waals surface area contributed by atoms with Crippen molar-refractivity contribution in [2.45, 2.75) is 25.9 Å². The van der Waals surface area contributed by atoms with Crippen molar-refractivity contribution in [2.24, 2.45) is 0 Å². The lowest BCUT2D eigenvalue weighted by Gasteiger charge is -2.21. The molecular weight excluding hydrogens is 465 g/mol. The average Bonchev–Trinajstić information content (AvgIpc) is 2.70. The molecule has 162 valence electrons. The van der Waals surface area contributed by atoms with Gasteiger partial charge in [-0.05, 0) is 53.5 Å². The van der Waals surface area contributed by atoms with Crippen LogP contribution in [0.15, 0.2) is 53.0 Å². The first kappa shape index (κ1) is 23.7. The monoisotopic (exact) mass is 486 g/mol. The highest BCUT2D eigenvalue weighted by atomic mass is 79.9. The Hall–Kier alpha value is -2.55. The van der Waals surface area contributed by atoms with Gasteiger partial charge in [-0.2, -0.15) is 13.2 Å². The number of benzene rings is 2. The third-order valence-corrected chi connectivity index (χ3v) is 4.86. The smallest absolute Gasteiger partial charge is 0.418 e. The Morgan fingerprint density at radius 2 is 1.77 bits per heavy atom. The number of alkyl halides is 3. The Morgan fingerprint density at radius 1 is 1.10 bits per heavy atom. The van der Waals surface area contributed by atoms with Crippen LogP contribution in [0, 0.1) is 0 Å². The summed E-state index contributed by atoms with van der Waals surface area (Å²) in [6.07, 6.45) is -3.99. The van der Waals surface area contributed by atoms with E-state index in [1.165, 1.54) is 23.1 Å². The van der Waals surface area contributed by atoms with Gasteiger partial charge in [0.15, 0.2) is 0 Å².